The van der Waals surface area contributed by atoms with Crippen LogP contribution in [0.3, 0.4) is 0 Å². The Hall–Kier alpha value is -4.90. The number of halogens is 2. The number of thioether (sulfide) groups is 1. The van der Waals surface area contributed by atoms with Crippen molar-refractivity contribution in [2.45, 2.75) is 44.0 Å². The normalized spacial score (nSPS) is 11.3. The minimum Gasteiger partial charge on any atom is -0.319 e. The number of hydrogen-bond acceptors (Lipinski definition) is 6. The van der Waals surface area contributed by atoms with Crippen molar-refractivity contribution in [3.05, 3.63) is 136 Å². The van der Waals surface area contributed by atoms with Crippen LogP contribution in [0.5, 0.6) is 0 Å². The maximum absolute atomic E-state index is 13.5. The summed E-state index contributed by atoms with van der Waals surface area (Å²) in [7, 11) is 1.84. The molecule has 6 rings (SSSR count). The second-order valence-electron chi connectivity index (χ2n) is 10.7. The van der Waals surface area contributed by atoms with Crippen LogP contribution in [0.25, 0.3) is 22.5 Å². The van der Waals surface area contributed by atoms with Crippen molar-refractivity contribution < 1.29 is 8.78 Å². The molecule has 45 heavy (non-hydrogen) atoms. The molecule has 3 aromatic carbocycles. The summed E-state index contributed by atoms with van der Waals surface area (Å²) in [5.41, 5.74) is 5.68. The summed E-state index contributed by atoms with van der Waals surface area (Å²) >= 11 is 1.41. The molecule has 0 amide bonds. The van der Waals surface area contributed by atoms with Gasteiger partial charge in [-0.1, -0.05) is 72.4 Å². The van der Waals surface area contributed by atoms with Gasteiger partial charge in [0.2, 0.25) is 0 Å². The maximum Gasteiger partial charge on any atom is 0.277 e. The predicted molar refractivity (Wildman–Crippen MR) is 171 cm³/mol. The van der Waals surface area contributed by atoms with E-state index in [-0.39, 0.29) is 11.4 Å². The first-order valence-corrected chi connectivity index (χ1v) is 15.5. The van der Waals surface area contributed by atoms with Crippen molar-refractivity contribution in [3.63, 3.8) is 0 Å². The fourth-order valence-corrected chi connectivity index (χ4v) is 6.05. The SMILES string of the molecule is CCn1c(Cn2cc(Cc3cnn(C)c3)c(=O)nc2SCc2ccc(F)cc2)nnc1-c1ccc(-c2ccc(CF)cc2)cc1. The topological polar surface area (TPSA) is 83.4 Å². The number of aryl methyl sites for hydroxylation is 1. The van der Waals surface area contributed by atoms with Crippen LogP contribution in [0.4, 0.5) is 8.78 Å². The van der Waals surface area contributed by atoms with Crippen molar-refractivity contribution >= 4 is 11.8 Å². The minimum atomic E-state index is -0.482. The second kappa shape index (κ2) is 13.4. The molecule has 0 saturated heterocycles. The third-order valence-electron chi connectivity index (χ3n) is 7.50. The molecule has 0 N–H and O–H groups in total. The molecule has 0 bridgehead atoms. The number of rotatable bonds is 11. The molecule has 0 atom stereocenters. The second-order valence-corrected chi connectivity index (χ2v) is 11.6. The van der Waals surface area contributed by atoms with Gasteiger partial charge in [-0.05, 0) is 46.9 Å². The van der Waals surface area contributed by atoms with Crippen LogP contribution in [0, 0.1) is 5.82 Å². The molecule has 0 aliphatic rings. The van der Waals surface area contributed by atoms with Crippen molar-refractivity contribution in [1.29, 1.82) is 0 Å². The summed E-state index contributed by atoms with van der Waals surface area (Å²) in [5, 5.41) is 13.9. The summed E-state index contributed by atoms with van der Waals surface area (Å²) in [6.07, 6.45) is 5.86. The van der Waals surface area contributed by atoms with Gasteiger partial charge in [0.15, 0.2) is 16.8 Å². The van der Waals surface area contributed by atoms with Crippen LogP contribution in [-0.2, 0) is 39.0 Å². The van der Waals surface area contributed by atoms with Crippen LogP contribution in [0.2, 0.25) is 0 Å². The summed E-state index contributed by atoms with van der Waals surface area (Å²) in [6, 6.07) is 21.8. The fourth-order valence-electron chi connectivity index (χ4n) is 5.13. The van der Waals surface area contributed by atoms with E-state index in [1.807, 2.05) is 67.3 Å². The average Bonchev–Trinajstić information content (AvgIpc) is 3.67. The van der Waals surface area contributed by atoms with Crippen molar-refractivity contribution in [2.75, 3.05) is 0 Å². The van der Waals surface area contributed by atoms with E-state index in [4.69, 9.17) is 0 Å². The molecule has 0 unspecified atom stereocenters. The van der Waals surface area contributed by atoms with Gasteiger partial charge < -0.3 is 9.13 Å². The van der Waals surface area contributed by atoms with Crippen LogP contribution >= 0.6 is 11.8 Å². The van der Waals surface area contributed by atoms with Gasteiger partial charge in [0.25, 0.3) is 5.56 Å². The minimum absolute atomic E-state index is 0.296. The zero-order valence-electron chi connectivity index (χ0n) is 24.9. The number of nitrogens with zero attached hydrogens (tertiary/aromatic N) is 7. The highest BCUT2D eigenvalue weighted by atomic mass is 32.2. The summed E-state index contributed by atoms with van der Waals surface area (Å²) in [5.74, 6) is 1.68. The van der Waals surface area contributed by atoms with Crippen LogP contribution in [-0.4, -0.2) is 34.1 Å². The lowest BCUT2D eigenvalue weighted by atomic mass is 10.0. The standard InChI is InChI=1S/C34H31F2N7OS/c1-3-43-31(39-40-32(43)28-12-10-27(11-13-28)26-8-4-23(17-35)5-9-26)21-42-20-29(16-25-18-37-41(2)19-25)33(44)38-34(42)45-22-24-6-14-30(36)15-7-24/h4-15,18-20H,3,16-17,21-22H2,1-2H3. The van der Waals surface area contributed by atoms with E-state index in [0.29, 0.717) is 41.5 Å². The Kier molecular flexibility index (Phi) is 8.97. The smallest absolute Gasteiger partial charge is 0.277 e. The lowest BCUT2D eigenvalue weighted by Crippen LogP contribution is -2.21. The van der Waals surface area contributed by atoms with Gasteiger partial charge in [-0.15, -0.1) is 10.2 Å². The van der Waals surface area contributed by atoms with Crippen LogP contribution in [0.15, 0.2) is 101 Å². The molecule has 228 valence electrons. The van der Waals surface area contributed by atoms with Crippen LogP contribution < -0.4 is 5.56 Å². The first-order valence-electron chi connectivity index (χ1n) is 14.5. The molecule has 3 heterocycles. The third-order valence-corrected chi connectivity index (χ3v) is 8.57. The van der Waals surface area contributed by atoms with Crippen LogP contribution in [0.1, 0.15) is 35.0 Å². The highest BCUT2D eigenvalue weighted by molar-refractivity contribution is 7.98. The number of alkyl halides is 1. The fraction of sp³-hybridized carbons (Fsp3) is 0.206. The van der Waals surface area contributed by atoms with E-state index in [2.05, 4.69) is 24.8 Å². The molecular formula is C34H31F2N7OS. The lowest BCUT2D eigenvalue weighted by molar-refractivity contribution is 0.485. The Bertz CT molecular complexity index is 1960. The molecule has 0 aliphatic carbocycles. The Morgan fingerprint density at radius 2 is 1.49 bits per heavy atom. The van der Waals surface area contributed by atoms with E-state index in [1.54, 1.807) is 35.1 Å². The van der Waals surface area contributed by atoms with Crippen molar-refractivity contribution in [3.8, 4) is 22.5 Å². The Labute approximate surface area is 263 Å². The molecule has 0 saturated carbocycles. The van der Waals surface area contributed by atoms with Crippen molar-refractivity contribution in [2.24, 2.45) is 7.05 Å². The zero-order valence-corrected chi connectivity index (χ0v) is 25.7. The molecule has 3 aromatic heterocycles. The van der Waals surface area contributed by atoms with Crippen molar-refractivity contribution in [1.82, 2.24) is 34.1 Å². The largest absolute Gasteiger partial charge is 0.319 e. The van der Waals surface area contributed by atoms with E-state index >= 15 is 0 Å². The van der Waals surface area contributed by atoms with E-state index in [0.717, 1.165) is 39.5 Å². The van der Waals surface area contributed by atoms with Gasteiger partial charge in [0.1, 0.15) is 12.5 Å². The molecule has 0 radical (unpaired) electrons. The summed E-state index contributed by atoms with van der Waals surface area (Å²) in [4.78, 5) is 17.6. The number of hydrogen-bond donors (Lipinski definition) is 0. The molecule has 0 fully saturated rings. The van der Waals surface area contributed by atoms with E-state index < -0.39 is 6.67 Å². The lowest BCUT2D eigenvalue weighted by Gasteiger charge is -2.15. The zero-order chi connectivity index (χ0) is 31.3. The quantitative estimate of drug-likeness (QED) is 0.122. The summed E-state index contributed by atoms with van der Waals surface area (Å²) in [6.45, 7) is 2.54. The number of aromatic nitrogens is 7. The maximum atomic E-state index is 13.5. The third kappa shape index (κ3) is 6.93. The molecule has 11 heteroatoms. The highest BCUT2D eigenvalue weighted by Crippen LogP contribution is 2.26. The highest BCUT2D eigenvalue weighted by Gasteiger charge is 2.17. The average molecular weight is 624 g/mol. The van der Waals surface area contributed by atoms with Gasteiger partial charge in [-0.2, -0.15) is 10.1 Å². The molecule has 6 aromatic rings. The molecule has 0 spiro atoms. The number of benzene rings is 3. The van der Waals surface area contributed by atoms with Gasteiger partial charge >= 0.3 is 0 Å². The Balaban J connectivity index is 1.30. The molecule has 8 nitrogen and oxygen atoms in total. The van der Waals surface area contributed by atoms with E-state index in [9.17, 15) is 13.6 Å². The van der Waals surface area contributed by atoms with Gasteiger partial charge in [0.05, 0.1) is 12.7 Å². The predicted octanol–water partition coefficient (Wildman–Crippen LogP) is 6.46. The monoisotopic (exact) mass is 623 g/mol. The summed E-state index contributed by atoms with van der Waals surface area (Å²) < 4.78 is 32.1. The first kappa shape index (κ1) is 30.1. The van der Waals surface area contributed by atoms with Gasteiger partial charge in [-0.25, -0.2) is 8.78 Å². The van der Waals surface area contributed by atoms with Gasteiger partial charge in [-0.3, -0.25) is 9.48 Å². The molecular weight excluding hydrogens is 592 g/mol. The Morgan fingerprint density at radius 3 is 2.13 bits per heavy atom. The van der Waals surface area contributed by atoms with Gasteiger partial charge in [0, 0.05) is 49.3 Å². The van der Waals surface area contributed by atoms with E-state index in [1.165, 1.54) is 23.9 Å². The molecule has 0 aliphatic heterocycles. The Morgan fingerprint density at radius 1 is 0.822 bits per heavy atom. The first-order chi connectivity index (χ1) is 21.9.